The number of aliphatic hydroxyl groups is 1. The first-order valence-electron chi connectivity index (χ1n) is 6.76. The molecule has 0 aliphatic heterocycles. The molecule has 2 N–H and O–H groups in total. The van der Waals surface area contributed by atoms with Gasteiger partial charge in [-0.3, -0.25) is 0 Å². The Labute approximate surface area is 109 Å². The molecule has 3 nitrogen and oxygen atoms in total. The highest BCUT2D eigenvalue weighted by Gasteiger charge is 2.28. The molecular formula is C15H23NO2. The lowest BCUT2D eigenvalue weighted by Gasteiger charge is -2.25. The van der Waals surface area contributed by atoms with Crippen molar-refractivity contribution in [1.29, 1.82) is 0 Å². The summed E-state index contributed by atoms with van der Waals surface area (Å²) in [6.45, 7) is 2.45. The number of benzene rings is 1. The summed E-state index contributed by atoms with van der Waals surface area (Å²) >= 11 is 0. The average Bonchev–Trinajstić information content (AvgIpc) is 2.85. The van der Waals surface area contributed by atoms with Gasteiger partial charge in [-0.25, -0.2) is 0 Å². The minimum absolute atomic E-state index is 0.248. The van der Waals surface area contributed by atoms with Gasteiger partial charge in [0, 0.05) is 24.3 Å². The molecular weight excluding hydrogens is 226 g/mol. The molecule has 3 atom stereocenters. The fraction of sp³-hybridized carbons (Fsp3) is 0.600. The van der Waals surface area contributed by atoms with Gasteiger partial charge in [0.25, 0.3) is 0 Å². The van der Waals surface area contributed by atoms with Crippen molar-refractivity contribution in [3.8, 4) is 5.75 Å². The summed E-state index contributed by atoms with van der Waals surface area (Å²) in [7, 11) is 1.71. The largest absolute Gasteiger partial charge is 0.496 e. The van der Waals surface area contributed by atoms with Crippen molar-refractivity contribution in [2.75, 3.05) is 13.7 Å². The van der Waals surface area contributed by atoms with Crippen LogP contribution in [0.4, 0.5) is 0 Å². The third-order valence-corrected chi connectivity index (χ3v) is 3.96. The normalized spacial score (nSPS) is 25.1. The van der Waals surface area contributed by atoms with E-state index in [0.29, 0.717) is 12.0 Å². The standard InChI is InChI=1S/C15H23NO2/c1-11(13-7-3-4-9-15(13)18-2)16-14-8-5-6-12(14)10-17/h3-4,7,9,11-12,14,16-17H,5-6,8,10H2,1-2H3. The van der Waals surface area contributed by atoms with Crippen molar-refractivity contribution in [2.24, 2.45) is 5.92 Å². The van der Waals surface area contributed by atoms with Gasteiger partial charge < -0.3 is 15.2 Å². The van der Waals surface area contributed by atoms with Gasteiger partial charge in [-0.15, -0.1) is 0 Å². The fourth-order valence-corrected chi connectivity index (χ4v) is 2.91. The van der Waals surface area contributed by atoms with Gasteiger partial charge in [-0.05, 0) is 31.7 Å². The van der Waals surface area contributed by atoms with Gasteiger partial charge >= 0.3 is 0 Å². The number of aliphatic hydroxyl groups excluding tert-OH is 1. The van der Waals surface area contributed by atoms with Crippen LogP contribution in [0.3, 0.4) is 0 Å². The zero-order chi connectivity index (χ0) is 13.0. The summed E-state index contributed by atoms with van der Waals surface area (Å²) in [5.41, 5.74) is 1.18. The van der Waals surface area contributed by atoms with Gasteiger partial charge in [0.1, 0.15) is 5.75 Å². The first kappa shape index (κ1) is 13.4. The Bertz CT molecular complexity index is 381. The van der Waals surface area contributed by atoms with Crippen molar-refractivity contribution in [3.05, 3.63) is 29.8 Å². The summed E-state index contributed by atoms with van der Waals surface area (Å²) in [5.74, 6) is 1.33. The fourth-order valence-electron chi connectivity index (χ4n) is 2.91. The number of ether oxygens (including phenoxy) is 1. The molecule has 0 radical (unpaired) electrons. The maximum absolute atomic E-state index is 9.36. The molecule has 1 aromatic rings. The van der Waals surface area contributed by atoms with E-state index < -0.39 is 0 Å². The lowest BCUT2D eigenvalue weighted by Crippen LogP contribution is -2.35. The molecule has 100 valence electrons. The number of hydrogen-bond acceptors (Lipinski definition) is 3. The predicted molar refractivity (Wildman–Crippen MR) is 72.8 cm³/mol. The summed E-state index contributed by atoms with van der Waals surface area (Å²) in [6.07, 6.45) is 3.50. The number of para-hydroxylation sites is 1. The number of hydrogen-bond donors (Lipinski definition) is 2. The molecule has 0 saturated heterocycles. The highest BCUT2D eigenvalue weighted by molar-refractivity contribution is 5.35. The van der Waals surface area contributed by atoms with Crippen molar-refractivity contribution in [2.45, 2.75) is 38.3 Å². The molecule has 1 fully saturated rings. The second-order valence-electron chi connectivity index (χ2n) is 5.11. The van der Waals surface area contributed by atoms with Crippen LogP contribution in [0.5, 0.6) is 5.75 Å². The number of rotatable bonds is 5. The Kier molecular flexibility index (Phi) is 4.61. The van der Waals surface area contributed by atoms with E-state index in [1.165, 1.54) is 12.0 Å². The highest BCUT2D eigenvalue weighted by Crippen LogP contribution is 2.30. The Morgan fingerprint density at radius 3 is 2.89 bits per heavy atom. The van der Waals surface area contributed by atoms with E-state index in [-0.39, 0.29) is 12.6 Å². The second-order valence-corrected chi connectivity index (χ2v) is 5.11. The Balaban J connectivity index is 2.05. The van der Waals surface area contributed by atoms with E-state index in [1.807, 2.05) is 18.2 Å². The average molecular weight is 249 g/mol. The van der Waals surface area contributed by atoms with Crippen molar-refractivity contribution in [1.82, 2.24) is 5.32 Å². The van der Waals surface area contributed by atoms with E-state index in [1.54, 1.807) is 7.11 Å². The first-order valence-corrected chi connectivity index (χ1v) is 6.76. The van der Waals surface area contributed by atoms with Crippen LogP contribution < -0.4 is 10.1 Å². The Morgan fingerprint density at radius 1 is 1.39 bits per heavy atom. The van der Waals surface area contributed by atoms with Crippen LogP contribution in [0.15, 0.2) is 24.3 Å². The van der Waals surface area contributed by atoms with Crippen LogP contribution in [0.2, 0.25) is 0 Å². The van der Waals surface area contributed by atoms with E-state index >= 15 is 0 Å². The van der Waals surface area contributed by atoms with E-state index in [2.05, 4.69) is 18.3 Å². The van der Waals surface area contributed by atoms with E-state index in [4.69, 9.17) is 4.74 Å². The van der Waals surface area contributed by atoms with E-state index in [9.17, 15) is 5.11 Å². The third-order valence-electron chi connectivity index (χ3n) is 3.96. The Hall–Kier alpha value is -1.06. The summed E-state index contributed by atoms with van der Waals surface area (Å²) in [6, 6.07) is 8.79. The molecule has 1 saturated carbocycles. The smallest absolute Gasteiger partial charge is 0.123 e. The van der Waals surface area contributed by atoms with Crippen LogP contribution >= 0.6 is 0 Å². The third kappa shape index (κ3) is 2.85. The highest BCUT2D eigenvalue weighted by atomic mass is 16.5. The number of nitrogens with one attached hydrogen (secondary N) is 1. The molecule has 0 bridgehead atoms. The van der Waals surface area contributed by atoms with E-state index in [0.717, 1.165) is 18.6 Å². The quantitative estimate of drug-likeness (QED) is 0.842. The van der Waals surface area contributed by atoms with Crippen molar-refractivity contribution < 1.29 is 9.84 Å². The predicted octanol–water partition coefficient (Wildman–Crippen LogP) is 2.51. The van der Waals surface area contributed by atoms with Crippen LogP contribution in [0, 0.1) is 5.92 Å². The van der Waals surface area contributed by atoms with Crippen molar-refractivity contribution in [3.63, 3.8) is 0 Å². The van der Waals surface area contributed by atoms with Crippen LogP contribution in [-0.4, -0.2) is 24.9 Å². The van der Waals surface area contributed by atoms with Gasteiger partial charge in [0.2, 0.25) is 0 Å². The van der Waals surface area contributed by atoms with Crippen molar-refractivity contribution >= 4 is 0 Å². The lowest BCUT2D eigenvalue weighted by atomic mass is 10.0. The SMILES string of the molecule is COc1ccccc1C(C)NC1CCCC1CO. The molecule has 1 aliphatic carbocycles. The summed E-state index contributed by atoms with van der Waals surface area (Å²) < 4.78 is 5.39. The van der Waals surface area contributed by atoms with Gasteiger partial charge in [0.05, 0.1) is 7.11 Å². The molecule has 0 aromatic heterocycles. The molecule has 0 spiro atoms. The van der Waals surface area contributed by atoms with Crippen LogP contribution in [-0.2, 0) is 0 Å². The summed E-state index contributed by atoms with van der Waals surface area (Å²) in [5, 5.41) is 13.0. The lowest BCUT2D eigenvalue weighted by molar-refractivity contribution is 0.200. The maximum Gasteiger partial charge on any atom is 0.123 e. The van der Waals surface area contributed by atoms with Gasteiger partial charge in [0.15, 0.2) is 0 Å². The molecule has 2 rings (SSSR count). The van der Waals surface area contributed by atoms with Crippen LogP contribution in [0.25, 0.3) is 0 Å². The summed E-state index contributed by atoms with van der Waals surface area (Å²) in [4.78, 5) is 0. The molecule has 3 heteroatoms. The molecule has 1 aliphatic rings. The molecule has 0 amide bonds. The molecule has 3 unspecified atom stereocenters. The second kappa shape index (κ2) is 6.21. The Morgan fingerprint density at radius 2 is 2.17 bits per heavy atom. The minimum Gasteiger partial charge on any atom is -0.496 e. The zero-order valence-corrected chi connectivity index (χ0v) is 11.2. The minimum atomic E-state index is 0.248. The topological polar surface area (TPSA) is 41.5 Å². The molecule has 18 heavy (non-hydrogen) atoms. The monoisotopic (exact) mass is 249 g/mol. The maximum atomic E-state index is 9.36. The molecule has 1 aromatic carbocycles. The van der Waals surface area contributed by atoms with Gasteiger partial charge in [-0.2, -0.15) is 0 Å². The first-order chi connectivity index (χ1) is 8.76. The zero-order valence-electron chi connectivity index (χ0n) is 11.2. The number of methoxy groups -OCH3 is 1. The van der Waals surface area contributed by atoms with Gasteiger partial charge in [-0.1, -0.05) is 24.6 Å². The van der Waals surface area contributed by atoms with Crippen LogP contribution in [0.1, 0.15) is 37.8 Å². The molecule has 0 heterocycles.